The summed E-state index contributed by atoms with van der Waals surface area (Å²) in [6.45, 7) is 8.34. The fraction of sp³-hybridized carbons (Fsp3) is 0.556. The molecule has 0 saturated heterocycles. The number of benzene rings is 1. The van der Waals surface area contributed by atoms with Crippen LogP contribution in [0, 0.1) is 6.92 Å². The van der Waals surface area contributed by atoms with Gasteiger partial charge in [0.1, 0.15) is 5.82 Å². The van der Waals surface area contributed by atoms with E-state index in [9.17, 15) is 0 Å². The second-order valence-corrected chi connectivity index (χ2v) is 5.69. The average molecular weight is 331 g/mol. The zero-order chi connectivity index (χ0) is 17.2. The predicted octanol–water partition coefficient (Wildman–Crippen LogP) is 2.33. The summed E-state index contributed by atoms with van der Waals surface area (Å²) in [4.78, 5) is 9.25. The summed E-state index contributed by atoms with van der Waals surface area (Å²) in [5.74, 6) is 1.94. The molecule has 0 fully saturated rings. The van der Waals surface area contributed by atoms with Gasteiger partial charge in [-0.25, -0.2) is 4.98 Å². The van der Waals surface area contributed by atoms with E-state index < -0.39 is 0 Å². The Bertz CT molecular complexity index is 650. The summed E-state index contributed by atoms with van der Waals surface area (Å²) in [6.07, 6.45) is 1.96. The maximum atomic E-state index is 5.06. The Balaban J connectivity index is 1.85. The van der Waals surface area contributed by atoms with E-state index in [1.54, 1.807) is 7.11 Å². The molecule has 0 amide bonds. The van der Waals surface area contributed by atoms with E-state index in [4.69, 9.17) is 4.74 Å². The lowest BCUT2D eigenvalue weighted by Gasteiger charge is -2.11. The number of imidazole rings is 1. The van der Waals surface area contributed by atoms with Crippen molar-refractivity contribution in [2.45, 2.75) is 33.2 Å². The Kier molecular flexibility index (Phi) is 7.55. The van der Waals surface area contributed by atoms with Gasteiger partial charge in [-0.2, -0.15) is 0 Å². The fourth-order valence-corrected chi connectivity index (χ4v) is 2.66. The van der Waals surface area contributed by atoms with E-state index >= 15 is 0 Å². The molecule has 6 nitrogen and oxygen atoms in total. The summed E-state index contributed by atoms with van der Waals surface area (Å²) in [6, 6.07) is 8.27. The average Bonchev–Trinajstić information content (AvgIpc) is 2.91. The van der Waals surface area contributed by atoms with Gasteiger partial charge in [-0.15, -0.1) is 0 Å². The smallest absolute Gasteiger partial charge is 0.191 e. The second kappa shape index (κ2) is 9.93. The van der Waals surface area contributed by atoms with Crippen molar-refractivity contribution in [3.05, 3.63) is 30.1 Å². The minimum Gasteiger partial charge on any atom is -0.385 e. The van der Waals surface area contributed by atoms with E-state index in [0.29, 0.717) is 0 Å². The number of rotatable bonds is 9. The molecule has 0 aliphatic carbocycles. The second-order valence-electron chi connectivity index (χ2n) is 5.69. The quantitative estimate of drug-likeness (QED) is 0.420. The van der Waals surface area contributed by atoms with Crippen LogP contribution in [0.5, 0.6) is 0 Å². The van der Waals surface area contributed by atoms with Crippen molar-refractivity contribution in [2.75, 3.05) is 33.4 Å². The Morgan fingerprint density at radius 3 is 2.88 bits per heavy atom. The number of fused-ring (bicyclic) bond motifs is 1. The molecule has 2 aromatic rings. The standard InChI is InChI=1S/C18H29N5O/c1-4-19-18(21-12-8-14-24-3)20-11-7-13-23-15(2)22-16-9-5-6-10-17(16)23/h5-6,9-10H,4,7-8,11-14H2,1-3H3,(H2,19,20,21). The summed E-state index contributed by atoms with van der Waals surface area (Å²) in [7, 11) is 1.72. The lowest BCUT2D eigenvalue weighted by molar-refractivity contribution is 0.195. The van der Waals surface area contributed by atoms with Crippen molar-refractivity contribution in [1.29, 1.82) is 0 Å². The van der Waals surface area contributed by atoms with E-state index in [0.717, 1.165) is 62.9 Å². The number of para-hydroxylation sites is 2. The predicted molar refractivity (Wildman–Crippen MR) is 99.6 cm³/mol. The van der Waals surface area contributed by atoms with Gasteiger partial charge in [0, 0.05) is 39.9 Å². The zero-order valence-electron chi connectivity index (χ0n) is 15.0. The summed E-state index contributed by atoms with van der Waals surface area (Å²) in [5, 5.41) is 6.60. The van der Waals surface area contributed by atoms with E-state index in [1.807, 2.05) is 6.07 Å². The Hall–Kier alpha value is -2.08. The van der Waals surface area contributed by atoms with Crippen LogP contribution in [0.3, 0.4) is 0 Å². The fourth-order valence-electron chi connectivity index (χ4n) is 2.66. The van der Waals surface area contributed by atoms with Gasteiger partial charge in [0.2, 0.25) is 0 Å². The Labute approximate surface area is 144 Å². The van der Waals surface area contributed by atoms with Crippen molar-refractivity contribution < 1.29 is 4.74 Å². The first kappa shape index (κ1) is 18.3. The molecular formula is C18H29N5O. The number of hydrogen-bond donors (Lipinski definition) is 2. The van der Waals surface area contributed by atoms with Gasteiger partial charge in [0.25, 0.3) is 0 Å². The molecule has 0 spiro atoms. The summed E-state index contributed by atoms with van der Waals surface area (Å²) < 4.78 is 7.33. The van der Waals surface area contributed by atoms with Gasteiger partial charge >= 0.3 is 0 Å². The van der Waals surface area contributed by atoms with Crippen LogP contribution in [-0.4, -0.2) is 48.9 Å². The lowest BCUT2D eigenvalue weighted by atomic mass is 10.3. The molecular weight excluding hydrogens is 302 g/mol. The largest absolute Gasteiger partial charge is 0.385 e. The first-order chi connectivity index (χ1) is 11.8. The summed E-state index contributed by atoms with van der Waals surface area (Å²) >= 11 is 0. The van der Waals surface area contributed by atoms with Crippen LogP contribution < -0.4 is 10.6 Å². The molecule has 1 aromatic heterocycles. The van der Waals surface area contributed by atoms with Gasteiger partial charge < -0.3 is 19.9 Å². The van der Waals surface area contributed by atoms with Gasteiger partial charge in [0.15, 0.2) is 5.96 Å². The van der Waals surface area contributed by atoms with Gasteiger partial charge in [-0.3, -0.25) is 4.99 Å². The number of aryl methyl sites for hydroxylation is 2. The molecule has 0 saturated carbocycles. The molecule has 2 rings (SSSR count). The van der Waals surface area contributed by atoms with Crippen molar-refractivity contribution in [2.24, 2.45) is 4.99 Å². The van der Waals surface area contributed by atoms with E-state index in [2.05, 4.69) is 57.2 Å². The van der Waals surface area contributed by atoms with Crippen LogP contribution in [0.4, 0.5) is 0 Å². The monoisotopic (exact) mass is 331 g/mol. The SMILES string of the molecule is CCNC(=NCCCn1c(C)nc2ccccc21)NCCCOC. The number of nitrogens with one attached hydrogen (secondary N) is 2. The third-order valence-corrected chi connectivity index (χ3v) is 3.82. The topological polar surface area (TPSA) is 63.5 Å². The molecule has 1 aromatic carbocycles. The normalized spacial score (nSPS) is 11.9. The highest BCUT2D eigenvalue weighted by atomic mass is 16.5. The number of methoxy groups -OCH3 is 1. The zero-order valence-corrected chi connectivity index (χ0v) is 15.0. The van der Waals surface area contributed by atoms with E-state index in [1.165, 1.54) is 5.52 Å². The lowest BCUT2D eigenvalue weighted by Crippen LogP contribution is -2.38. The molecule has 132 valence electrons. The maximum Gasteiger partial charge on any atom is 0.191 e. The molecule has 0 aliphatic heterocycles. The highest BCUT2D eigenvalue weighted by Gasteiger charge is 2.05. The summed E-state index contributed by atoms with van der Waals surface area (Å²) in [5.41, 5.74) is 2.26. The molecule has 0 atom stereocenters. The molecule has 0 aliphatic rings. The highest BCUT2D eigenvalue weighted by molar-refractivity contribution is 5.79. The molecule has 6 heteroatoms. The number of ether oxygens (including phenoxy) is 1. The van der Waals surface area contributed by atoms with Crippen LogP contribution in [0.15, 0.2) is 29.3 Å². The first-order valence-corrected chi connectivity index (χ1v) is 8.69. The van der Waals surface area contributed by atoms with Gasteiger partial charge in [-0.1, -0.05) is 12.1 Å². The van der Waals surface area contributed by atoms with Crippen molar-refractivity contribution in [1.82, 2.24) is 20.2 Å². The van der Waals surface area contributed by atoms with Crippen molar-refractivity contribution in [3.63, 3.8) is 0 Å². The minimum absolute atomic E-state index is 0.763. The van der Waals surface area contributed by atoms with Gasteiger partial charge in [0.05, 0.1) is 11.0 Å². The number of guanidine groups is 1. The Morgan fingerprint density at radius 1 is 1.25 bits per heavy atom. The van der Waals surface area contributed by atoms with E-state index in [-0.39, 0.29) is 0 Å². The molecule has 0 unspecified atom stereocenters. The number of nitrogens with zero attached hydrogens (tertiary/aromatic N) is 3. The van der Waals surface area contributed by atoms with Crippen LogP contribution in [0.2, 0.25) is 0 Å². The molecule has 24 heavy (non-hydrogen) atoms. The van der Waals surface area contributed by atoms with Gasteiger partial charge in [-0.05, 0) is 38.8 Å². The molecule has 2 N–H and O–H groups in total. The maximum absolute atomic E-state index is 5.06. The first-order valence-electron chi connectivity index (χ1n) is 8.69. The number of aromatic nitrogens is 2. The van der Waals surface area contributed by atoms with Crippen LogP contribution in [0.25, 0.3) is 11.0 Å². The highest BCUT2D eigenvalue weighted by Crippen LogP contribution is 2.15. The van der Waals surface area contributed by atoms with Crippen LogP contribution >= 0.6 is 0 Å². The molecule has 0 radical (unpaired) electrons. The third-order valence-electron chi connectivity index (χ3n) is 3.82. The van der Waals surface area contributed by atoms with Crippen molar-refractivity contribution >= 4 is 17.0 Å². The number of aliphatic imine (C=N–C) groups is 1. The number of hydrogen-bond acceptors (Lipinski definition) is 3. The third kappa shape index (κ3) is 5.23. The Morgan fingerprint density at radius 2 is 2.08 bits per heavy atom. The molecule has 0 bridgehead atoms. The molecule has 1 heterocycles. The van der Waals surface area contributed by atoms with Crippen LogP contribution in [0.1, 0.15) is 25.6 Å². The van der Waals surface area contributed by atoms with Crippen molar-refractivity contribution in [3.8, 4) is 0 Å². The minimum atomic E-state index is 0.763. The van der Waals surface area contributed by atoms with Crippen LogP contribution in [-0.2, 0) is 11.3 Å².